The second-order valence-corrected chi connectivity index (χ2v) is 10.9. The summed E-state index contributed by atoms with van der Waals surface area (Å²) in [4.78, 5) is 47.3. The van der Waals surface area contributed by atoms with Crippen LogP contribution in [-0.4, -0.2) is 62.8 Å². The van der Waals surface area contributed by atoms with Crippen molar-refractivity contribution < 1.29 is 14.3 Å². The lowest BCUT2D eigenvalue weighted by Gasteiger charge is -2.32. The van der Waals surface area contributed by atoms with Crippen LogP contribution in [0.15, 0.2) is 28.0 Å². The highest BCUT2D eigenvalue weighted by atomic mass is 32.2. The van der Waals surface area contributed by atoms with Crippen molar-refractivity contribution in [3.8, 4) is 0 Å². The Kier molecular flexibility index (Phi) is 6.65. The van der Waals surface area contributed by atoms with Crippen molar-refractivity contribution in [2.45, 2.75) is 38.7 Å². The van der Waals surface area contributed by atoms with Gasteiger partial charge in [-0.3, -0.25) is 23.7 Å². The van der Waals surface area contributed by atoms with Crippen molar-refractivity contribution in [3.05, 3.63) is 44.7 Å². The second kappa shape index (κ2) is 9.71. The topological polar surface area (TPSA) is 110 Å². The molecule has 1 atom stereocenters. The number of aromatic nitrogens is 2. The molecule has 11 heteroatoms. The molecule has 0 radical (unpaired) electrons. The highest BCUT2D eigenvalue weighted by molar-refractivity contribution is 8.26. The summed E-state index contributed by atoms with van der Waals surface area (Å²) < 4.78 is 7.65. The Morgan fingerprint density at radius 1 is 1.29 bits per heavy atom. The number of aryl methyl sites for hydroxylation is 1. The molecule has 2 N–H and O–H groups in total. The Morgan fingerprint density at radius 2 is 2.06 bits per heavy atom. The van der Waals surface area contributed by atoms with E-state index in [1.54, 1.807) is 23.2 Å². The highest BCUT2D eigenvalue weighted by Gasteiger charge is 2.35. The Bertz CT molecular complexity index is 1290. The van der Waals surface area contributed by atoms with E-state index in [1.165, 1.54) is 16.2 Å². The van der Waals surface area contributed by atoms with Gasteiger partial charge in [0.25, 0.3) is 11.5 Å². The molecule has 9 nitrogen and oxygen atoms in total. The molecule has 0 aromatic carbocycles. The van der Waals surface area contributed by atoms with E-state index in [2.05, 4.69) is 0 Å². The molecule has 5 heterocycles. The van der Waals surface area contributed by atoms with Crippen molar-refractivity contribution in [2.24, 2.45) is 11.7 Å². The Morgan fingerprint density at radius 3 is 2.74 bits per heavy atom. The van der Waals surface area contributed by atoms with Gasteiger partial charge in [0.15, 0.2) is 0 Å². The number of piperidine rings is 1. The number of hydrogen-bond donors (Lipinski definition) is 1. The molecule has 0 saturated carbocycles. The van der Waals surface area contributed by atoms with E-state index >= 15 is 0 Å². The number of pyridine rings is 1. The summed E-state index contributed by atoms with van der Waals surface area (Å²) in [7, 11) is 0. The predicted molar refractivity (Wildman–Crippen MR) is 139 cm³/mol. The Hall–Kier alpha value is -2.76. The molecule has 3 aliphatic heterocycles. The first-order valence-corrected chi connectivity index (χ1v) is 13.0. The zero-order valence-corrected chi connectivity index (χ0v) is 21.1. The predicted octanol–water partition coefficient (Wildman–Crippen LogP) is 2.08. The highest BCUT2D eigenvalue weighted by Crippen LogP contribution is 2.35. The van der Waals surface area contributed by atoms with Crippen molar-refractivity contribution in [1.29, 1.82) is 0 Å². The van der Waals surface area contributed by atoms with Crippen molar-refractivity contribution >= 4 is 57.7 Å². The summed E-state index contributed by atoms with van der Waals surface area (Å²) in [6, 6.07) is 3.71. The van der Waals surface area contributed by atoms with Gasteiger partial charge in [-0.2, -0.15) is 0 Å². The molecule has 3 aliphatic rings. The molecule has 3 fully saturated rings. The number of rotatable bonds is 5. The van der Waals surface area contributed by atoms with Gasteiger partial charge in [0.2, 0.25) is 5.91 Å². The van der Waals surface area contributed by atoms with Gasteiger partial charge in [0, 0.05) is 31.8 Å². The van der Waals surface area contributed by atoms with E-state index in [0.717, 1.165) is 18.4 Å². The maximum atomic E-state index is 13.6. The third-order valence-electron chi connectivity index (χ3n) is 6.74. The van der Waals surface area contributed by atoms with Crippen molar-refractivity contribution in [2.75, 3.05) is 31.1 Å². The summed E-state index contributed by atoms with van der Waals surface area (Å²) in [5.74, 6) is -0.205. The lowest BCUT2D eigenvalue weighted by Crippen LogP contribution is -2.40. The molecule has 0 bridgehead atoms. The Balaban J connectivity index is 1.53. The van der Waals surface area contributed by atoms with Crippen LogP contribution >= 0.6 is 24.0 Å². The Labute approximate surface area is 212 Å². The van der Waals surface area contributed by atoms with Crippen LogP contribution in [0.1, 0.15) is 36.8 Å². The molecule has 0 spiro atoms. The first kappa shape index (κ1) is 24.0. The molecule has 184 valence electrons. The molecule has 1 unspecified atom stereocenters. The summed E-state index contributed by atoms with van der Waals surface area (Å²) >= 11 is 6.68. The van der Waals surface area contributed by atoms with Crippen LogP contribution in [0.2, 0.25) is 0 Å². The fourth-order valence-electron chi connectivity index (χ4n) is 4.77. The van der Waals surface area contributed by atoms with E-state index in [0.29, 0.717) is 65.3 Å². The minimum absolute atomic E-state index is 0.0186. The summed E-state index contributed by atoms with van der Waals surface area (Å²) in [5, 5.41) is 0. The maximum Gasteiger partial charge on any atom is 0.267 e. The summed E-state index contributed by atoms with van der Waals surface area (Å²) in [6.45, 7) is 4.11. The molecule has 5 rings (SSSR count). The van der Waals surface area contributed by atoms with Gasteiger partial charge >= 0.3 is 0 Å². The standard InChI is InChI=1S/C24H27N5O4S2/c1-14-4-5-19-26-21(27-8-6-15(7-9-27)20(25)30)17(22(31)28(19)12-14)11-18-23(32)29(24(34)35-18)13-16-3-2-10-33-16/h4-5,11-12,15-16H,2-3,6-10,13H2,1H3,(H2,25,30). The number of nitrogens with two attached hydrogens (primary N) is 1. The number of ether oxygens (including phenoxy) is 1. The molecule has 35 heavy (non-hydrogen) atoms. The van der Waals surface area contributed by atoms with E-state index in [4.69, 9.17) is 27.7 Å². The minimum atomic E-state index is -0.304. The van der Waals surface area contributed by atoms with Crippen molar-refractivity contribution in [1.82, 2.24) is 14.3 Å². The zero-order valence-electron chi connectivity index (χ0n) is 19.4. The van der Waals surface area contributed by atoms with Crippen LogP contribution in [0.3, 0.4) is 0 Å². The number of hydrogen-bond acceptors (Lipinski definition) is 8. The van der Waals surface area contributed by atoms with E-state index in [9.17, 15) is 14.4 Å². The maximum absolute atomic E-state index is 13.6. The summed E-state index contributed by atoms with van der Waals surface area (Å²) in [6.07, 6.45) is 6.40. The lowest BCUT2D eigenvalue weighted by atomic mass is 9.96. The lowest BCUT2D eigenvalue weighted by molar-refractivity contribution is -0.123. The fraction of sp³-hybridized carbons (Fsp3) is 0.458. The van der Waals surface area contributed by atoms with E-state index < -0.39 is 0 Å². The van der Waals surface area contributed by atoms with Crippen LogP contribution in [0, 0.1) is 12.8 Å². The number of anilines is 1. The van der Waals surface area contributed by atoms with Gasteiger partial charge in [-0.1, -0.05) is 30.0 Å². The molecular formula is C24H27N5O4S2. The quantitative estimate of drug-likeness (QED) is 0.478. The molecule has 0 aliphatic carbocycles. The van der Waals surface area contributed by atoms with Gasteiger partial charge in [0.1, 0.15) is 15.8 Å². The monoisotopic (exact) mass is 513 g/mol. The summed E-state index contributed by atoms with van der Waals surface area (Å²) in [5.41, 5.74) is 7.03. The smallest absolute Gasteiger partial charge is 0.267 e. The van der Waals surface area contributed by atoms with Gasteiger partial charge < -0.3 is 15.4 Å². The number of carbonyl (C=O) groups is 2. The van der Waals surface area contributed by atoms with Crippen LogP contribution in [-0.2, 0) is 14.3 Å². The normalized spacial score (nSPS) is 22.7. The SMILES string of the molecule is Cc1ccc2nc(N3CCC(C(N)=O)CC3)c(C=C3SC(=S)N(CC4CCCO4)C3=O)c(=O)n2c1. The zero-order chi connectivity index (χ0) is 24.7. The van der Waals surface area contributed by atoms with Crippen molar-refractivity contribution in [3.63, 3.8) is 0 Å². The molecule has 2 aromatic heterocycles. The van der Waals surface area contributed by atoms with Crippen LogP contribution in [0.5, 0.6) is 0 Å². The molecule has 2 amide bonds. The minimum Gasteiger partial charge on any atom is -0.376 e. The first-order chi connectivity index (χ1) is 16.8. The van der Waals surface area contributed by atoms with Gasteiger partial charge in [0.05, 0.1) is 23.1 Å². The van der Waals surface area contributed by atoms with Crippen LogP contribution in [0.4, 0.5) is 5.82 Å². The number of nitrogens with zero attached hydrogens (tertiary/aromatic N) is 4. The third kappa shape index (κ3) is 4.72. The average molecular weight is 514 g/mol. The van der Waals surface area contributed by atoms with Gasteiger partial charge in [-0.15, -0.1) is 0 Å². The fourth-order valence-corrected chi connectivity index (χ4v) is 6.03. The number of carbonyl (C=O) groups excluding carboxylic acids is 2. The van der Waals surface area contributed by atoms with E-state index in [1.807, 2.05) is 17.9 Å². The largest absolute Gasteiger partial charge is 0.376 e. The molecule has 3 saturated heterocycles. The number of thioether (sulfide) groups is 1. The third-order valence-corrected chi connectivity index (χ3v) is 8.12. The van der Waals surface area contributed by atoms with Crippen LogP contribution < -0.4 is 16.2 Å². The second-order valence-electron chi connectivity index (χ2n) is 9.18. The number of fused-ring (bicyclic) bond motifs is 1. The molecule has 2 aromatic rings. The van der Waals surface area contributed by atoms with E-state index in [-0.39, 0.29) is 29.4 Å². The van der Waals surface area contributed by atoms with Gasteiger partial charge in [-0.25, -0.2) is 4.98 Å². The number of amides is 2. The number of thiocarbonyl (C=S) groups is 1. The molecular weight excluding hydrogens is 486 g/mol. The average Bonchev–Trinajstić information content (AvgIpc) is 3.45. The van der Waals surface area contributed by atoms with Crippen LogP contribution in [0.25, 0.3) is 11.7 Å². The number of primary amides is 1. The first-order valence-electron chi connectivity index (χ1n) is 11.8. The van der Waals surface area contributed by atoms with Gasteiger partial charge in [-0.05, 0) is 50.3 Å².